The molecule has 0 aromatic heterocycles. The van der Waals surface area contributed by atoms with Gasteiger partial charge in [0.25, 0.3) is 5.91 Å². The summed E-state index contributed by atoms with van der Waals surface area (Å²) in [6.07, 6.45) is 0. The molecule has 6 nitrogen and oxygen atoms in total. The van der Waals surface area contributed by atoms with Gasteiger partial charge in [-0.3, -0.25) is 9.59 Å². The number of rotatable bonds is 3. The summed E-state index contributed by atoms with van der Waals surface area (Å²) in [5, 5.41) is 3.31. The number of sulfonamides is 1. The molecule has 0 spiro atoms. The number of halogens is 2. The lowest BCUT2D eigenvalue weighted by Crippen LogP contribution is -2.30. The lowest BCUT2D eigenvalue weighted by Gasteiger charge is -2.17. The van der Waals surface area contributed by atoms with Crippen molar-refractivity contribution in [1.82, 2.24) is 0 Å². The number of hydrogen-bond donors (Lipinski definition) is 1. The van der Waals surface area contributed by atoms with Gasteiger partial charge in [0, 0.05) is 10.7 Å². The fourth-order valence-corrected chi connectivity index (χ4v) is 4.77. The molecule has 1 saturated heterocycles. The Balaban J connectivity index is 1.94. The molecule has 136 valence electrons. The first-order valence-corrected chi connectivity index (χ1v) is 9.99. The molecular weight excluding hydrogens is 399 g/mol. The molecule has 2 aromatic carbocycles. The number of benzene rings is 2. The average molecular weight is 413 g/mol. The third kappa shape index (κ3) is 3.56. The van der Waals surface area contributed by atoms with Crippen molar-refractivity contribution in [2.24, 2.45) is 5.92 Å². The van der Waals surface area contributed by atoms with Gasteiger partial charge >= 0.3 is 0 Å². The molecule has 1 fully saturated rings. The number of carbonyl (C=O) groups is 2. The molecule has 1 aliphatic heterocycles. The highest BCUT2D eigenvalue weighted by molar-refractivity contribution is 7.94. The molecule has 1 aliphatic rings. The van der Waals surface area contributed by atoms with Gasteiger partial charge in [-0.25, -0.2) is 12.7 Å². The van der Waals surface area contributed by atoms with Crippen LogP contribution in [0.15, 0.2) is 42.5 Å². The average Bonchev–Trinajstić information content (AvgIpc) is 2.78. The molecule has 0 aliphatic carbocycles. The van der Waals surface area contributed by atoms with E-state index in [-0.39, 0.29) is 22.0 Å². The minimum atomic E-state index is -3.76. The number of amides is 2. The number of anilines is 2. The largest absolute Gasteiger partial charge is 0.322 e. The summed E-state index contributed by atoms with van der Waals surface area (Å²) in [6.45, 7) is 1.55. The van der Waals surface area contributed by atoms with E-state index in [4.69, 9.17) is 23.2 Å². The molecule has 1 atom stereocenters. The summed E-state index contributed by atoms with van der Waals surface area (Å²) in [4.78, 5) is 24.7. The van der Waals surface area contributed by atoms with Crippen LogP contribution in [-0.2, 0) is 14.8 Å². The van der Waals surface area contributed by atoms with E-state index in [2.05, 4.69) is 5.32 Å². The highest BCUT2D eigenvalue weighted by Crippen LogP contribution is 2.31. The maximum absolute atomic E-state index is 12.5. The molecule has 9 heteroatoms. The minimum absolute atomic E-state index is 0.0571. The van der Waals surface area contributed by atoms with Crippen LogP contribution in [0.2, 0.25) is 10.0 Å². The van der Waals surface area contributed by atoms with Crippen molar-refractivity contribution < 1.29 is 18.0 Å². The smallest absolute Gasteiger partial charge is 0.257 e. The summed E-state index contributed by atoms with van der Waals surface area (Å²) in [7, 11) is -3.76. The van der Waals surface area contributed by atoms with Crippen LogP contribution >= 0.6 is 23.2 Å². The van der Waals surface area contributed by atoms with Crippen LogP contribution < -0.4 is 9.62 Å². The first kappa shape index (κ1) is 18.7. The van der Waals surface area contributed by atoms with Gasteiger partial charge in [0.2, 0.25) is 15.9 Å². The topological polar surface area (TPSA) is 83.6 Å². The predicted octanol–water partition coefficient (Wildman–Crippen LogP) is 3.56. The van der Waals surface area contributed by atoms with Crippen LogP contribution in [0.3, 0.4) is 0 Å². The monoisotopic (exact) mass is 412 g/mol. The van der Waals surface area contributed by atoms with Gasteiger partial charge in [-0.15, -0.1) is 0 Å². The predicted molar refractivity (Wildman–Crippen MR) is 101 cm³/mol. The van der Waals surface area contributed by atoms with Crippen LogP contribution in [0.4, 0.5) is 11.4 Å². The third-order valence-electron chi connectivity index (χ3n) is 3.89. The summed E-state index contributed by atoms with van der Waals surface area (Å²) in [6, 6.07) is 10.6. The SMILES string of the molecule is CC1CS(=O)(=O)N(c2ccc(Cl)c(C(=O)Nc3ccc(Cl)cc3)c2)C1=O. The molecule has 26 heavy (non-hydrogen) atoms. The Kier molecular flexibility index (Phi) is 4.96. The zero-order valence-electron chi connectivity index (χ0n) is 13.6. The second-order valence-corrected chi connectivity index (χ2v) is 8.61. The van der Waals surface area contributed by atoms with Crippen molar-refractivity contribution in [3.8, 4) is 0 Å². The van der Waals surface area contributed by atoms with Gasteiger partial charge in [0.15, 0.2) is 0 Å². The van der Waals surface area contributed by atoms with Gasteiger partial charge in [-0.2, -0.15) is 0 Å². The summed E-state index contributed by atoms with van der Waals surface area (Å²) >= 11 is 11.9. The quantitative estimate of drug-likeness (QED) is 0.834. The van der Waals surface area contributed by atoms with E-state index in [1.54, 1.807) is 31.2 Å². The lowest BCUT2D eigenvalue weighted by atomic mass is 10.1. The first-order valence-electron chi connectivity index (χ1n) is 7.62. The van der Waals surface area contributed by atoms with Crippen molar-refractivity contribution >= 4 is 56.4 Å². The van der Waals surface area contributed by atoms with Crippen LogP contribution in [-0.4, -0.2) is 26.0 Å². The fraction of sp³-hybridized carbons (Fsp3) is 0.176. The molecular formula is C17H14Cl2N2O4S. The summed E-state index contributed by atoms with van der Waals surface area (Å²) < 4.78 is 25.2. The first-order chi connectivity index (χ1) is 12.2. The number of nitrogens with zero attached hydrogens (tertiary/aromatic N) is 1. The van der Waals surface area contributed by atoms with Crippen molar-refractivity contribution in [1.29, 1.82) is 0 Å². The van der Waals surface area contributed by atoms with E-state index >= 15 is 0 Å². The van der Waals surface area contributed by atoms with Crippen LogP contribution in [0.5, 0.6) is 0 Å². The number of nitrogens with one attached hydrogen (secondary N) is 1. The highest BCUT2D eigenvalue weighted by Gasteiger charge is 2.42. The highest BCUT2D eigenvalue weighted by atomic mass is 35.5. The van der Waals surface area contributed by atoms with E-state index in [0.29, 0.717) is 10.7 Å². The third-order valence-corrected chi connectivity index (χ3v) is 6.34. The van der Waals surface area contributed by atoms with Crippen LogP contribution in [0.1, 0.15) is 17.3 Å². The Morgan fingerprint density at radius 2 is 1.81 bits per heavy atom. The van der Waals surface area contributed by atoms with Crippen molar-refractivity contribution in [3.63, 3.8) is 0 Å². The molecule has 2 amide bonds. The van der Waals surface area contributed by atoms with Gasteiger partial charge in [0.05, 0.1) is 27.9 Å². The van der Waals surface area contributed by atoms with Gasteiger partial charge in [-0.05, 0) is 42.5 Å². The van der Waals surface area contributed by atoms with Crippen LogP contribution in [0, 0.1) is 5.92 Å². The second-order valence-electron chi connectivity index (χ2n) is 5.91. The molecule has 3 rings (SSSR count). The Bertz CT molecular complexity index is 990. The van der Waals surface area contributed by atoms with Gasteiger partial charge in [0.1, 0.15) is 0 Å². The summed E-state index contributed by atoms with van der Waals surface area (Å²) in [5.74, 6) is -1.96. The van der Waals surface area contributed by atoms with E-state index in [1.807, 2.05) is 0 Å². The maximum atomic E-state index is 12.5. The van der Waals surface area contributed by atoms with E-state index in [0.717, 1.165) is 4.31 Å². The maximum Gasteiger partial charge on any atom is 0.257 e. The van der Waals surface area contributed by atoms with Gasteiger partial charge < -0.3 is 5.32 Å². The molecule has 1 unspecified atom stereocenters. The zero-order chi connectivity index (χ0) is 19.1. The summed E-state index contributed by atoms with van der Waals surface area (Å²) in [5.41, 5.74) is 0.644. The Morgan fingerprint density at radius 1 is 1.15 bits per heavy atom. The molecule has 0 bridgehead atoms. The molecule has 0 radical (unpaired) electrons. The lowest BCUT2D eigenvalue weighted by molar-refractivity contribution is -0.119. The van der Waals surface area contributed by atoms with Crippen molar-refractivity contribution in [2.45, 2.75) is 6.92 Å². The Labute approximate surface area is 160 Å². The van der Waals surface area contributed by atoms with Crippen LogP contribution in [0.25, 0.3) is 0 Å². The minimum Gasteiger partial charge on any atom is -0.322 e. The van der Waals surface area contributed by atoms with E-state index < -0.39 is 27.8 Å². The Morgan fingerprint density at radius 3 is 2.38 bits per heavy atom. The van der Waals surface area contributed by atoms with Crippen molar-refractivity contribution in [3.05, 3.63) is 58.1 Å². The Hall–Kier alpha value is -2.09. The fourth-order valence-electron chi connectivity index (χ4n) is 2.63. The normalized spacial score (nSPS) is 18.8. The second kappa shape index (κ2) is 6.90. The van der Waals surface area contributed by atoms with Gasteiger partial charge in [-0.1, -0.05) is 30.1 Å². The molecule has 2 aromatic rings. The molecule has 0 saturated carbocycles. The molecule has 1 N–H and O–H groups in total. The zero-order valence-corrected chi connectivity index (χ0v) is 15.9. The van der Waals surface area contributed by atoms with E-state index in [9.17, 15) is 18.0 Å². The number of hydrogen-bond acceptors (Lipinski definition) is 4. The standard InChI is InChI=1S/C17H14Cl2N2O4S/c1-10-9-26(24,25)21(17(10)23)13-6-7-15(19)14(8-13)16(22)20-12-4-2-11(18)3-5-12/h2-8,10H,9H2,1H3,(H,20,22). The van der Waals surface area contributed by atoms with E-state index in [1.165, 1.54) is 18.2 Å². The number of carbonyl (C=O) groups excluding carboxylic acids is 2. The molecule has 1 heterocycles. The van der Waals surface area contributed by atoms with Crippen molar-refractivity contribution in [2.75, 3.05) is 15.4 Å².